The molecule has 4 nitrogen and oxygen atoms in total. The van der Waals surface area contributed by atoms with Gasteiger partial charge in [0.1, 0.15) is 5.82 Å². The fourth-order valence-electron chi connectivity index (χ4n) is 2.19. The lowest BCUT2D eigenvalue weighted by Gasteiger charge is -2.26. The van der Waals surface area contributed by atoms with E-state index < -0.39 is 0 Å². The van der Waals surface area contributed by atoms with E-state index in [0.717, 1.165) is 24.6 Å². The molecule has 2 heterocycles. The van der Waals surface area contributed by atoms with Gasteiger partial charge in [0.2, 0.25) is 0 Å². The van der Waals surface area contributed by atoms with Gasteiger partial charge in [-0.15, -0.1) is 0 Å². The fraction of sp³-hybridized carbons (Fsp3) is 0.375. The lowest BCUT2D eigenvalue weighted by atomic mass is 10.1. The van der Waals surface area contributed by atoms with Gasteiger partial charge in [0.25, 0.3) is 0 Å². The molecule has 4 heteroatoms. The maximum atomic E-state index is 4.57. The van der Waals surface area contributed by atoms with Crippen molar-refractivity contribution in [2.75, 3.05) is 18.5 Å². The Kier molecular flexibility index (Phi) is 5.07. The van der Waals surface area contributed by atoms with Crippen molar-refractivity contribution >= 4 is 5.82 Å². The van der Waals surface area contributed by atoms with Gasteiger partial charge in [0.05, 0.1) is 12.2 Å². The molecule has 0 aromatic carbocycles. The largest absolute Gasteiger partial charge is 0.351 e. The third kappa shape index (κ3) is 3.33. The second-order valence-electron chi connectivity index (χ2n) is 4.76. The summed E-state index contributed by atoms with van der Waals surface area (Å²) in [5.74, 6) is 1.03. The molecule has 0 fully saturated rings. The minimum Gasteiger partial charge on any atom is -0.351 e. The highest BCUT2D eigenvalue weighted by molar-refractivity contribution is 5.48. The first kappa shape index (κ1) is 14.5. The summed E-state index contributed by atoms with van der Waals surface area (Å²) in [6, 6.07) is 10.4. The molecule has 0 spiro atoms. The summed E-state index contributed by atoms with van der Waals surface area (Å²) in [4.78, 5) is 11.2. The van der Waals surface area contributed by atoms with Crippen molar-refractivity contribution in [2.24, 2.45) is 0 Å². The van der Waals surface area contributed by atoms with E-state index in [1.54, 1.807) is 0 Å². The molecule has 0 bridgehead atoms. The van der Waals surface area contributed by atoms with Crippen molar-refractivity contribution in [3.05, 3.63) is 54.0 Å². The molecule has 0 aliphatic carbocycles. The maximum absolute atomic E-state index is 4.57. The predicted octanol–water partition coefficient (Wildman–Crippen LogP) is 2.78. The Morgan fingerprint density at radius 3 is 2.60 bits per heavy atom. The summed E-state index contributed by atoms with van der Waals surface area (Å²) in [5, 5.41) is 3.28. The van der Waals surface area contributed by atoms with E-state index in [2.05, 4.69) is 40.1 Å². The van der Waals surface area contributed by atoms with Crippen LogP contribution in [-0.4, -0.2) is 23.6 Å². The lowest BCUT2D eigenvalue weighted by molar-refractivity contribution is 0.642. The van der Waals surface area contributed by atoms with Crippen LogP contribution >= 0.6 is 0 Å². The zero-order valence-corrected chi connectivity index (χ0v) is 12.4. The highest BCUT2D eigenvalue weighted by atomic mass is 15.2. The smallest absolute Gasteiger partial charge is 0.133 e. The normalized spacial score (nSPS) is 12.2. The van der Waals surface area contributed by atoms with Crippen LogP contribution in [0.25, 0.3) is 0 Å². The minimum atomic E-state index is 0.275. The first-order valence-corrected chi connectivity index (χ1v) is 7.03. The van der Waals surface area contributed by atoms with E-state index in [0.29, 0.717) is 0 Å². The van der Waals surface area contributed by atoms with Crippen LogP contribution in [0.2, 0.25) is 0 Å². The molecule has 2 aromatic rings. The molecule has 0 aliphatic heterocycles. The Labute approximate surface area is 120 Å². The van der Waals surface area contributed by atoms with Crippen LogP contribution in [-0.2, 0) is 6.54 Å². The van der Waals surface area contributed by atoms with Crippen LogP contribution in [0.15, 0.2) is 42.7 Å². The Morgan fingerprint density at radius 1 is 1.15 bits per heavy atom. The summed E-state index contributed by atoms with van der Waals surface area (Å²) in [6.07, 6.45) is 3.68. The highest BCUT2D eigenvalue weighted by Gasteiger charge is 2.15. The SMILES string of the molecule is CCN(Cc1ccccn1)c1ncccc1C(C)NC. The van der Waals surface area contributed by atoms with Crippen LogP contribution in [0.5, 0.6) is 0 Å². The van der Waals surface area contributed by atoms with E-state index in [4.69, 9.17) is 0 Å². The van der Waals surface area contributed by atoms with Crippen molar-refractivity contribution in [1.29, 1.82) is 0 Å². The number of nitrogens with one attached hydrogen (secondary N) is 1. The summed E-state index contributed by atoms with van der Waals surface area (Å²) >= 11 is 0. The van der Waals surface area contributed by atoms with Crippen molar-refractivity contribution in [3.63, 3.8) is 0 Å². The third-order valence-electron chi connectivity index (χ3n) is 3.48. The molecule has 1 atom stereocenters. The summed E-state index contributed by atoms with van der Waals surface area (Å²) in [7, 11) is 1.97. The summed E-state index contributed by atoms with van der Waals surface area (Å²) in [6.45, 7) is 5.97. The number of aromatic nitrogens is 2. The number of hydrogen-bond donors (Lipinski definition) is 1. The Balaban J connectivity index is 2.28. The zero-order valence-electron chi connectivity index (χ0n) is 12.4. The quantitative estimate of drug-likeness (QED) is 0.876. The van der Waals surface area contributed by atoms with E-state index in [1.807, 2.05) is 43.7 Å². The Morgan fingerprint density at radius 2 is 1.95 bits per heavy atom. The van der Waals surface area contributed by atoms with E-state index in [1.165, 1.54) is 5.56 Å². The van der Waals surface area contributed by atoms with Gasteiger partial charge in [-0.05, 0) is 39.1 Å². The Hall–Kier alpha value is -1.94. The van der Waals surface area contributed by atoms with Gasteiger partial charge in [-0.25, -0.2) is 4.98 Å². The summed E-state index contributed by atoms with van der Waals surface area (Å²) in [5.41, 5.74) is 2.27. The maximum Gasteiger partial charge on any atom is 0.133 e. The first-order valence-electron chi connectivity index (χ1n) is 7.03. The number of hydrogen-bond acceptors (Lipinski definition) is 4. The molecule has 2 rings (SSSR count). The van der Waals surface area contributed by atoms with E-state index in [-0.39, 0.29) is 6.04 Å². The average Bonchev–Trinajstić information content (AvgIpc) is 2.53. The molecule has 2 aromatic heterocycles. The van der Waals surface area contributed by atoms with Crippen LogP contribution in [0, 0.1) is 0 Å². The van der Waals surface area contributed by atoms with Crippen molar-refractivity contribution in [1.82, 2.24) is 15.3 Å². The molecule has 0 saturated carbocycles. The molecule has 20 heavy (non-hydrogen) atoms. The average molecular weight is 270 g/mol. The topological polar surface area (TPSA) is 41.1 Å². The van der Waals surface area contributed by atoms with Gasteiger partial charge >= 0.3 is 0 Å². The molecular weight excluding hydrogens is 248 g/mol. The molecule has 0 amide bonds. The molecule has 106 valence electrons. The number of pyridine rings is 2. The van der Waals surface area contributed by atoms with Gasteiger partial charge in [-0.3, -0.25) is 4.98 Å². The van der Waals surface area contributed by atoms with Crippen molar-refractivity contribution in [2.45, 2.75) is 26.4 Å². The van der Waals surface area contributed by atoms with Crippen LogP contribution in [0.1, 0.15) is 31.1 Å². The monoisotopic (exact) mass is 270 g/mol. The van der Waals surface area contributed by atoms with E-state index >= 15 is 0 Å². The number of nitrogens with zero attached hydrogens (tertiary/aromatic N) is 3. The van der Waals surface area contributed by atoms with Crippen molar-refractivity contribution in [3.8, 4) is 0 Å². The van der Waals surface area contributed by atoms with Crippen LogP contribution in [0.3, 0.4) is 0 Å². The minimum absolute atomic E-state index is 0.275. The third-order valence-corrected chi connectivity index (χ3v) is 3.48. The number of rotatable bonds is 6. The standard InChI is InChI=1S/C16H22N4/c1-4-20(12-14-8-5-6-10-18-14)16-15(13(2)17-3)9-7-11-19-16/h5-11,13,17H,4,12H2,1-3H3. The second kappa shape index (κ2) is 7.01. The Bertz CT molecular complexity index is 527. The van der Waals surface area contributed by atoms with E-state index in [9.17, 15) is 0 Å². The van der Waals surface area contributed by atoms with Gasteiger partial charge in [0, 0.05) is 30.5 Å². The van der Waals surface area contributed by atoms with Gasteiger partial charge in [-0.1, -0.05) is 12.1 Å². The van der Waals surface area contributed by atoms with Crippen LogP contribution < -0.4 is 10.2 Å². The molecule has 1 N–H and O–H groups in total. The molecule has 0 saturated heterocycles. The molecule has 0 aliphatic rings. The summed E-state index contributed by atoms with van der Waals surface area (Å²) < 4.78 is 0. The number of anilines is 1. The lowest BCUT2D eigenvalue weighted by Crippen LogP contribution is -2.26. The predicted molar refractivity (Wildman–Crippen MR) is 82.7 cm³/mol. The van der Waals surface area contributed by atoms with Gasteiger partial charge in [-0.2, -0.15) is 0 Å². The second-order valence-corrected chi connectivity index (χ2v) is 4.76. The zero-order chi connectivity index (χ0) is 14.4. The van der Waals surface area contributed by atoms with Gasteiger partial charge in [0.15, 0.2) is 0 Å². The molecule has 0 radical (unpaired) electrons. The van der Waals surface area contributed by atoms with Crippen molar-refractivity contribution < 1.29 is 0 Å². The van der Waals surface area contributed by atoms with Gasteiger partial charge < -0.3 is 10.2 Å². The van der Waals surface area contributed by atoms with Crippen LogP contribution in [0.4, 0.5) is 5.82 Å². The molecular formula is C16H22N4. The fourth-order valence-corrected chi connectivity index (χ4v) is 2.19. The molecule has 1 unspecified atom stereocenters. The highest BCUT2D eigenvalue weighted by Crippen LogP contribution is 2.24. The first-order chi connectivity index (χ1) is 9.76.